The standard InChI is InChI=1S/C14H24N2O2S/c1-11(2)10-19(17,18)16-8-6-14-12(3)15-7-4-5-13(14)9-16/h11H,4-10H2,1-3H3. The van der Waals surface area contributed by atoms with Crippen LogP contribution in [0.2, 0.25) is 0 Å². The van der Waals surface area contributed by atoms with Gasteiger partial charge in [0, 0.05) is 25.3 Å². The Morgan fingerprint density at radius 2 is 2.05 bits per heavy atom. The van der Waals surface area contributed by atoms with Crippen LogP contribution >= 0.6 is 0 Å². The van der Waals surface area contributed by atoms with Crippen LogP contribution in [0.25, 0.3) is 0 Å². The van der Waals surface area contributed by atoms with Crippen LogP contribution in [0.5, 0.6) is 0 Å². The average molecular weight is 284 g/mol. The lowest BCUT2D eigenvalue weighted by atomic mass is 9.95. The monoisotopic (exact) mass is 284 g/mol. The number of sulfonamides is 1. The van der Waals surface area contributed by atoms with E-state index in [9.17, 15) is 8.42 Å². The highest BCUT2D eigenvalue weighted by Crippen LogP contribution is 2.27. The summed E-state index contributed by atoms with van der Waals surface area (Å²) >= 11 is 0. The molecule has 0 aromatic rings. The minimum Gasteiger partial charge on any atom is -0.290 e. The summed E-state index contributed by atoms with van der Waals surface area (Å²) in [4.78, 5) is 4.53. The molecule has 0 amide bonds. The Morgan fingerprint density at radius 3 is 2.74 bits per heavy atom. The minimum atomic E-state index is -3.10. The van der Waals surface area contributed by atoms with Gasteiger partial charge in [0.25, 0.3) is 0 Å². The van der Waals surface area contributed by atoms with Crippen LogP contribution < -0.4 is 0 Å². The van der Waals surface area contributed by atoms with Gasteiger partial charge >= 0.3 is 0 Å². The van der Waals surface area contributed by atoms with Crippen molar-refractivity contribution in [2.45, 2.75) is 40.0 Å². The van der Waals surface area contributed by atoms with E-state index in [-0.39, 0.29) is 11.7 Å². The topological polar surface area (TPSA) is 49.7 Å². The highest BCUT2D eigenvalue weighted by Gasteiger charge is 2.29. The number of hydrogen-bond acceptors (Lipinski definition) is 3. The lowest BCUT2D eigenvalue weighted by Crippen LogP contribution is -2.40. The smallest absolute Gasteiger partial charge is 0.214 e. The normalized spacial score (nSPS) is 22.2. The van der Waals surface area contributed by atoms with Gasteiger partial charge in [0.05, 0.1) is 5.75 Å². The van der Waals surface area contributed by atoms with Gasteiger partial charge in [0.15, 0.2) is 0 Å². The van der Waals surface area contributed by atoms with Crippen LogP contribution in [0, 0.1) is 5.92 Å². The lowest BCUT2D eigenvalue weighted by Gasteiger charge is -2.30. The van der Waals surface area contributed by atoms with E-state index in [0.717, 1.165) is 31.5 Å². The Kier molecular flexibility index (Phi) is 4.46. The molecule has 0 radical (unpaired) electrons. The summed E-state index contributed by atoms with van der Waals surface area (Å²) in [5.74, 6) is 0.431. The van der Waals surface area contributed by atoms with Crippen molar-refractivity contribution < 1.29 is 8.42 Å². The summed E-state index contributed by atoms with van der Waals surface area (Å²) in [6, 6.07) is 0. The Balaban J connectivity index is 2.18. The van der Waals surface area contributed by atoms with Gasteiger partial charge in [-0.15, -0.1) is 0 Å². The largest absolute Gasteiger partial charge is 0.290 e. The van der Waals surface area contributed by atoms with Crippen LogP contribution in [-0.4, -0.2) is 43.8 Å². The van der Waals surface area contributed by atoms with Crippen LogP contribution in [0.1, 0.15) is 40.0 Å². The van der Waals surface area contributed by atoms with Crippen LogP contribution in [-0.2, 0) is 10.0 Å². The molecular weight excluding hydrogens is 260 g/mol. The van der Waals surface area contributed by atoms with E-state index >= 15 is 0 Å². The second kappa shape index (κ2) is 5.75. The number of nitrogens with zero attached hydrogens (tertiary/aromatic N) is 2. The molecule has 0 unspecified atom stereocenters. The molecule has 2 rings (SSSR count). The summed E-state index contributed by atoms with van der Waals surface area (Å²) in [6.45, 7) is 8.03. The molecule has 0 bridgehead atoms. The molecule has 0 spiro atoms. The molecule has 2 heterocycles. The van der Waals surface area contributed by atoms with Crippen molar-refractivity contribution in [3.63, 3.8) is 0 Å². The first-order valence-corrected chi connectivity index (χ1v) is 8.71. The predicted molar refractivity (Wildman–Crippen MR) is 79.1 cm³/mol. The van der Waals surface area contributed by atoms with E-state index in [1.807, 2.05) is 13.8 Å². The molecule has 0 fully saturated rings. The van der Waals surface area contributed by atoms with Gasteiger partial charge in [-0.25, -0.2) is 8.42 Å². The fourth-order valence-electron chi connectivity index (χ4n) is 2.87. The third kappa shape index (κ3) is 3.45. The highest BCUT2D eigenvalue weighted by atomic mass is 32.2. The molecule has 0 aromatic heterocycles. The molecule has 5 heteroatoms. The van der Waals surface area contributed by atoms with E-state index < -0.39 is 10.0 Å². The van der Waals surface area contributed by atoms with Crippen molar-refractivity contribution in [2.24, 2.45) is 10.9 Å². The van der Waals surface area contributed by atoms with Crippen molar-refractivity contribution >= 4 is 15.7 Å². The second-order valence-electron chi connectivity index (χ2n) is 5.91. The van der Waals surface area contributed by atoms with Gasteiger partial charge in [0.1, 0.15) is 0 Å². The van der Waals surface area contributed by atoms with Crippen LogP contribution in [0.3, 0.4) is 0 Å². The lowest BCUT2D eigenvalue weighted by molar-refractivity contribution is 0.415. The average Bonchev–Trinajstić information content (AvgIpc) is 2.49. The van der Waals surface area contributed by atoms with Gasteiger partial charge in [0.2, 0.25) is 10.0 Å². The van der Waals surface area contributed by atoms with E-state index in [4.69, 9.17) is 0 Å². The molecule has 0 aliphatic carbocycles. The van der Waals surface area contributed by atoms with Crippen molar-refractivity contribution in [1.29, 1.82) is 0 Å². The van der Waals surface area contributed by atoms with Crippen molar-refractivity contribution in [1.82, 2.24) is 4.31 Å². The third-order valence-corrected chi connectivity index (χ3v) is 5.95. The van der Waals surface area contributed by atoms with Crippen molar-refractivity contribution in [3.05, 3.63) is 11.1 Å². The maximum absolute atomic E-state index is 12.3. The molecule has 2 aliphatic heterocycles. The van der Waals surface area contributed by atoms with E-state index in [1.54, 1.807) is 4.31 Å². The molecule has 0 saturated carbocycles. The first-order valence-electron chi connectivity index (χ1n) is 7.10. The van der Waals surface area contributed by atoms with Crippen LogP contribution in [0.4, 0.5) is 0 Å². The molecule has 0 saturated heterocycles. The first kappa shape index (κ1) is 14.7. The van der Waals surface area contributed by atoms with Gasteiger partial charge in [-0.2, -0.15) is 4.31 Å². The zero-order valence-electron chi connectivity index (χ0n) is 12.1. The maximum atomic E-state index is 12.3. The second-order valence-corrected chi connectivity index (χ2v) is 7.92. The Labute approximate surface area is 116 Å². The summed E-state index contributed by atoms with van der Waals surface area (Å²) in [7, 11) is -3.10. The van der Waals surface area contributed by atoms with Crippen molar-refractivity contribution in [2.75, 3.05) is 25.4 Å². The molecule has 4 nitrogen and oxygen atoms in total. The first-order chi connectivity index (χ1) is 8.90. The Hall–Kier alpha value is -0.680. The molecule has 0 N–H and O–H groups in total. The predicted octanol–water partition coefficient (Wildman–Crippen LogP) is 2.23. The van der Waals surface area contributed by atoms with Gasteiger partial charge in [-0.1, -0.05) is 13.8 Å². The number of rotatable bonds is 3. The molecule has 108 valence electrons. The van der Waals surface area contributed by atoms with Gasteiger partial charge in [-0.05, 0) is 43.3 Å². The van der Waals surface area contributed by atoms with E-state index in [1.165, 1.54) is 11.1 Å². The van der Waals surface area contributed by atoms with Crippen LogP contribution in [0.15, 0.2) is 16.1 Å². The summed E-state index contributed by atoms with van der Waals surface area (Å²) in [5.41, 5.74) is 3.72. The molecule has 0 aromatic carbocycles. The Bertz CT molecular complexity index is 504. The van der Waals surface area contributed by atoms with Gasteiger partial charge in [-0.3, -0.25) is 4.99 Å². The third-order valence-electron chi connectivity index (χ3n) is 3.76. The van der Waals surface area contributed by atoms with Crippen molar-refractivity contribution in [3.8, 4) is 0 Å². The SMILES string of the molecule is CC1=NCCCC2=C1CCN(S(=O)(=O)CC(C)C)C2. The minimum absolute atomic E-state index is 0.179. The number of hydrogen-bond donors (Lipinski definition) is 0. The summed E-state index contributed by atoms with van der Waals surface area (Å²) in [5, 5.41) is 0. The highest BCUT2D eigenvalue weighted by molar-refractivity contribution is 7.89. The fraction of sp³-hybridized carbons (Fsp3) is 0.786. The summed E-state index contributed by atoms with van der Waals surface area (Å²) < 4.78 is 26.3. The molecule has 19 heavy (non-hydrogen) atoms. The Morgan fingerprint density at radius 1 is 1.32 bits per heavy atom. The zero-order valence-corrected chi connectivity index (χ0v) is 13.0. The van der Waals surface area contributed by atoms with E-state index in [2.05, 4.69) is 11.9 Å². The summed E-state index contributed by atoms with van der Waals surface area (Å²) in [6.07, 6.45) is 2.85. The number of aliphatic imine (C=N–C) groups is 1. The molecular formula is C14H24N2O2S. The quantitative estimate of drug-likeness (QED) is 0.798. The van der Waals surface area contributed by atoms with Gasteiger partial charge < -0.3 is 0 Å². The fourth-order valence-corrected chi connectivity index (χ4v) is 4.64. The zero-order chi connectivity index (χ0) is 14.0. The molecule has 0 atom stereocenters. The molecule has 2 aliphatic rings. The van der Waals surface area contributed by atoms with E-state index in [0.29, 0.717) is 13.1 Å². The maximum Gasteiger partial charge on any atom is 0.214 e.